The molecule has 0 saturated heterocycles. The Hall–Kier alpha value is -2.76. The van der Waals surface area contributed by atoms with E-state index in [4.69, 9.17) is 22.8 Å². The minimum Gasteiger partial charge on any atom is -0.457 e. The average molecular weight is 393 g/mol. The van der Waals surface area contributed by atoms with Crippen molar-refractivity contribution in [2.75, 3.05) is 0 Å². The molecule has 0 aliphatic rings. The van der Waals surface area contributed by atoms with Gasteiger partial charge in [-0.25, -0.2) is 4.39 Å². The third-order valence-corrected chi connectivity index (χ3v) is 5.20. The molecular weight excluding hydrogens is 371 g/mol. The summed E-state index contributed by atoms with van der Waals surface area (Å²) < 4.78 is 19.7. The van der Waals surface area contributed by atoms with Crippen LogP contribution < -0.4 is 4.74 Å². The van der Waals surface area contributed by atoms with Gasteiger partial charge in [0.2, 0.25) is 0 Å². The molecule has 0 aromatic heterocycles. The predicted octanol–water partition coefficient (Wildman–Crippen LogP) is 7.19. The van der Waals surface area contributed by atoms with Crippen LogP contribution >= 0.6 is 11.6 Å². The summed E-state index contributed by atoms with van der Waals surface area (Å²) in [5, 5.41) is 0.110. The van der Waals surface area contributed by atoms with Crippen molar-refractivity contribution in [3.63, 3.8) is 0 Å². The van der Waals surface area contributed by atoms with E-state index < -0.39 is 11.2 Å². The lowest BCUT2D eigenvalue weighted by molar-refractivity contribution is 0.481. The third kappa shape index (κ3) is 4.94. The van der Waals surface area contributed by atoms with Gasteiger partial charge in [-0.1, -0.05) is 53.9 Å². The molecule has 0 aliphatic heterocycles. The van der Waals surface area contributed by atoms with Gasteiger partial charge in [-0.2, -0.15) is 0 Å². The van der Waals surface area contributed by atoms with E-state index in [-0.39, 0.29) is 5.02 Å². The average Bonchev–Trinajstić information content (AvgIpc) is 2.71. The van der Waals surface area contributed by atoms with Crippen LogP contribution in [0.1, 0.15) is 30.9 Å². The van der Waals surface area contributed by atoms with Gasteiger partial charge in [0.15, 0.2) is 0 Å². The minimum atomic E-state index is -0.538. The number of terminal acetylenes is 1. The van der Waals surface area contributed by atoms with E-state index in [0.717, 1.165) is 36.3 Å². The first-order valence-electron chi connectivity index (χ1n) is 9.25. The largest absolute Gasteiger partial charge is 0.457 e. The number of halogens is 2. The lowest BCUT2D eigenvalue weighted by Gasteiger charge is -2.24. The van der Waals surface area contributed by atoms with Crippen molar-refractivity contribution < 1.29 is 9.13 Å². The van der Waals surface area contributed by atoms with Gasteiger partial charge in [0.1, 0.15) is 17.3 Å². The van der Waals surface area contributed by atoms with Gasteiger partial charge in [0.25, 0.3) is 0 Å². The Balaban J connectivity index is 1.64. The Kier molecular flexibility index (Phi) is 6.39. The molecule has 0 heterocycles. The maximum Gasteiger partial charge on any atom is 0.142 e. The highest BCUT2D eigenvalue weighted by Crippen LogP contribution is 2.31. The van der Waals surface area contributed by atoms with Crippen LogP contribution in [-0.2, 0) is 11.8 Å². The Morgan fingerprint density at radius 1 is 1.00 bits per heavy atom. The van der Waals surface area contributed by atoms with Crippen LogP contribution in [-0.4, -0.2) is 0 Å². The Bertz CT molecular complexity index is 977. The topological polar surface area (TPSA) is 9.23 Å². The molecular formula is C25H22ClFO. The first-order valence-corrected chi connectivity index (χ1v) is 9.63. The van der Waals surface area contributed by atoms with E-state index in [1.807, 2.05) is 55.5 Å². The number of hydrogen-bond acceptors (Lipinski definition) is 1. The number of hydrogen-bond donors (Lipinski definition) is 0. The van der Waals surface area contributed by atoms with Crippen LogP contribution in [0.2, 0.25) is 5.02 Å². The quantitative estimate of drug-likeness (QED) is 0.387. The molecule has 3 aromatic rings. The molecule has 0 fully saturated rings. The fourth-order valence-corrected chi connectivity index (χ4v) is 3.29. The molecule has 3 aromatic carbocycles. The van der Waals surface area contributed by atoms with Crippen molar-refractivity contribution in [3.05, 3.63) is 94.8 Å². The molecule has 1 nitrogen and oxygen atoms in total. The van der Waals surface area contributed by atoms with Gasteiger partial charge in [0, 0.05) is 0 Å². The van der Waals surface area contributed by atoms with E-state index >= 15 is 0 Å². The summed E-state index contributed by atoms with van der Waals surface area (Å²) in [5.74, 6) is 4.02. The SMILES string of the molecule is C#CC(C)(CCCc1cccc(Oc2ccccc2)c1)c1ccc(Cl)c(F)c1. The molecule has 1 atom stereocenters. The van der Waals surface area contributed by atoms with E-state index in [1.54, 1.807) is 12.1 Å². The van der Waals surface area contributed by atoms with Crippen LogP contribution in [0, 0.1) is 18.2 Å². The molecule has 142 valence electrons. The lowest BCUT2D eigenvalue weighted by Crippen LogP contribution is -2.20. The van der Waals surface area contributed by atoms with Crippen LogP contribution in [0.15, 0.2) is 72.8 Å². The third-order valence-electron chi connectivity index (χ3n) is 4.89. The maximum atomic E-state index is 13.8. The number of para-hydroxylation sites is 1. The van der Waals surface area contributed by atoms with E-state index in [1.165, 1.54) is 11.6 Å². The van der Waals surface area contributed by atoms with E-state index in [0.29, 0.717) is 0 Å². The number of ether oxygens (including phenoxy) is 1. The Morgan fingerprint density at radius 2 is 1.75 bits per heavy atom. The Morgan fingerprint density at radius 3 is 2.46 bits per heavy atom. The van der Waals surface area contributed by atoms with Gasteiger partial charge in [0.05, 0.1) is 10.4 Å². The van der Waals surface area contributed by atoms with Crippen LogP contribution in [0.5, 0.6) is 11.5 Å². The zero-order chi connectivity index (χ0) is 20.0. The van der Waals surface area contributed by atoms with Gasteiger partial charge in [-0.15, -0.1) is 6.42 Å². The Labute approximate surface area is 171 Å². The molecule has 3 heteroatoms. The highest BCUT2D eigenvalue weighted by atomic mass is 35.5. The first kappa shape index (κ1) is 20.0. The van der Waals surface area contributed by atoms with Crippen molar-refractivity contribution >= 4 is 11.6 Å². The summed E-state index contributed by atoms with van der Waals surface area (Å²) in [6, 6.07) is 22.6. The van der Waals surface area contributed by atoms with Crippen LogP contribution in [0.25, 0.3) is 0 Å². The standard InChI is InChI=1S/C25H22ClFO/c1-3-25(2,20-14-15-23(26)24(27)18-20)16-8-10-19-9-7-13-22(17-19)28-21-11-5-4-6-12-21/h1,4-7,9,11-15,17-18H,8,10,16H2,2H3. The number of aryl methyl sites for hydroxylation is 1. The monoisotopic (exact) mass is 392 g/mol. The second-order valence-electron chi connectivity index (χ2n) is 7.02. The summed E-state index contributed by atoms with van der Waals surface area (Å²) in [5.41, 5.74) is 1.41. The molecule has 0 spiro atoms. The van der Waals surface area contributed by atoms with Gasteiger partial charge >= 0.3 is 0 Å². The number of rotatable bonds is 7. The molecule has 0 N–H and O–H groups in total. The summed E-state index contributed by atoms with van der Waals surface area (Å²) in [6.07, 6.45) is 8.27. The molecule has 3 rings (SSSR count). The highest BCUT2D eigenvalue weighted by Gasteiger charge is 2.24. The smallest absolute Gasteiger partial charge is 0.142 e. The van der Waals surface area contributed by atoms with Gasteiger partial charge in [-0.3, -0.25) is 0 Å². The fraction of sp³-hybridized carbons (Fsp3) is 0.200. The summed E-state index contributed by atoms with van der Waals surface area (Å²) in [6.45, 7) is 1.96. The van der Waals surface area contributed by atoms with Gasteiger partial charge < -0.3 is 4.74 Å². The molecule has 0 bridgehead atoms. The van der Waals surface area contributed by atoms with E-state index in [2.05, 4.69) is 12.0 Å². The van der Waals surface area contributed by atoms with Crippen molar-refractivity contribution in [3.8, 4) is 23.8 Å². The van der Waals surface area contributed by atoms with Crippen molar-refractivity contribution in [2.24, 2.45) is 0 Å². The van der Waals surface area contributed by atoms with Gasteiger partial charge in [-0.05, 0) is 73.7 Å². The highest BCUT2D eigenvalue weighted by molar-refractivity contribution is 6.30. The second kappa shape index (κ2) is 8.95. The van der Waals surface area contributed by atoms with Crippen LogP contribution in [0.4, 0.5) is 4.39 Å². The predicted molar refractivity (Wildman–Crippen MR) is 113 cm³/mol. The fourth-order valence-electron chi connectivity index (χ4n) is 3.17. The minimum absolute atomic E-state index is 0.110. The van der Waals surface area contributed by atoms with Crippen LogP contribution in [0.3, 0.4) is 0 Å². The van der Waals surface area contributed by atoms with E-state index in [9.17, 15) is 4.39 Å². The molecule has 0 radical (unpaired) electrons. The molecule has 0 amide bonds. The summed E-state index contributed by atoms with van der Waals surface area (Å²) >= 11 is 5.79. The maximum absolute atomic E-state index is 13.8. The molecule has 0 saturated carbocycles. The van der Waals surface area contributed by atoms with Crippen molar-refractivity contribution in [1.29, 1.82) is 0 Å². The lowest BCUT2D eigenvalue weighted by atomic mass is 9.78. The second-order valence-corrected chi connectivity index (χ2v) is 7.43. The molecule has 1 unspecified atom stereocenters. The number of benzene rings is 3. The first-order chi connectivity index (χ1) is 13.5. The molecule has 0 aliphatic carbocycles. The zero-order valence-electron chi connectivity index (χ0n) is 15.8. The van der Waals surface area contributed by atoms with Crippen molar-refractivity contribution in [1.82, 2.24) is 0 Å². The zero-order valence-corrected chi connectivity index (χ0v) is 16.5. The summed E-state index contributed by atoms with van der Waals surface area (Å²) in [7, 11) is 0. The normalized spacial score (nSPS) is 12.8. The van der Waals surface area contributed by atoms with Crippen molar-refractivity contribution in [2.45, 2.75) is 31.6 Å². The summed E-state index contributed by atoms with van der Waals surface area (Å²) in [4.78, 5) is 0. The molecule has 28 heavy (non-hydrogen) atoms.